The third-order valence-corrected chi connectivity index (χ3v) is 1.55. The monoisotopic (exact) mass is 157 g/mol. The number of aliphatic hydroxyl groups is 1. The second-order valence-corrected chi connectivity index (χ2v) is 3.10. The van der Waals surface area contributed by atoms with Crippen LogP contribution in [0.2, 0.25) is 0 Å². The second-order valence-electron chi connectivity index (χ2n) is 3.10. The summed E-state index contributed by atoms with van der Waals surface area (Å²) in [6, 6.07) is 0.485. The predicted molar refractivity (Wildman–Crippen MR) is 48.6 cm³/mol. The molecule has 0 bridgehead atoms. The maximum atomic E-state index is 8.55. The minimum Gasteiger partial charge on any atom is -0.396 e. The Hall–Kier alpha value is -0.340. The molecule has 0 spiro atoms. The van der Waals surface area contributed by atoms with Crippen molar-refractivity contribution in [3.8, 4) is 0 Å². The van der Waals surface area contributed by atoms with E-state index in [1.54, 1.807) is 0 Å². The second kappa shape index (κ2) is 6.38. The molecule has 0 heterocycles. The SMILES string of the molecule is C=C(C)CNC(C)CCCO. The lowest BCUT2D eigenvalue weighted by Crippen LogP contribution is -2.27. The quantitative estimate of drug-likeness (QED) is 0.570. The lowest BCUT2D eigenvalue weighted by Gasteiger charge is -2.12. The molecule has 0 rings (SSSR count). The predicted octanol–water partition coefficient (Wildman–Crippen LogP) is 1.31. The Labute approximate surface area is 69.3 Å². The largest absolute Gasteiger partial charge is 0.396 e. The summed E-state index contributed by atoms with van der Waals surface area (Å²) in [4.78, 5) is 0. The van der Waals surface area contributed by atoms with Crippen LogP contribution in [-0.2, 0) is 0 Å². The van der Waals surface area contributed by atoms with Crippen LogP contribution in [0, 0.1) is 0 Å². The molecule has 1 atom stereocenters. The summed E-state index contributed by atoms with van der Waals surface area (Å²) < 4.78 is 0. The van der Waals surface area contributed by atoms with Crippen molar-refractivity contribution >= 4 is 0 Å². The molecule has 0 saturated heterocycles. The molecule has 0 saturated carbocycles. The van der Waals surface area contributed by atoms with Crippen LogP contribution in [-0.4, -0.2) is 24.3 Å². The van der Waals surface area contributed by atoms with Gasteiger partial charge in [0, 0.05) is 19.2 Å². The molecule has 11 heavy (non-hydrogen) atoms. The molecule has 0 fully saturated rings. The Morgan fingerprint density at radius 2 is 2.27 bits per heavy atom. The minimum atomic E-state index is 0.291. The third-order valence-electron chi connectivity index (χ3n) is 1.55. The molecule has 0 radical (unpaired) electrons. The first-order valence-electron chi connectivity index (χ1n) is 4.15. The Morgan fingerprint density at radius 3 is 2.73 bits per heavy atom. The average Bonchev–Trinajstić information content (AvgIpc) is 1.97. The van der Waals surface area contributed by atoms with Crippen LogP contribution in [0.15, 0.2) is 12.2 Å². The van der Waals surface area contributed by atoms with Crippen molar-refractivity contribution in [1.29, 1.82) is 0 Å². The standard InChI is InChI=1S/C9H19NO/c1-8(2)7-10-9(3)5-4-6-11/h9-11H,1,4-7H2,2-3H3. The lowest BCUT2D eigenvalue weighted by atomic mass is 10.2. The first-order chi connectivity index (χ1) is 5.16. The Morgan fingerprint density at radius 1 is 1.64 bits per heavy atom. The molecule has 0 aromatic heterocycles. The van der Waals surface area contributed by atoms with E-state index in [-0.39, 0.29) is 0 Å². The third kappa shape index (κ3) is 7.56. The molecular formula is C9H19NO. The van der Waals surface area contributed by atoms with Gasteiger partial charge in [-0.1, -0.05) is 12.2 Å². The first kappa shape index (κ1) is 10.7. The van der Waals surface area contributed by atoms with E-state index in [4.69, 9.17) is 5.11 Å². The van der Waals surface area contributed by atoms with Gasteiger partial charge in [0.05, 0.1) is 0 Å². The van der Waals surface area contributed by atoms with Gasteiger partial charge >= 0.3 is 0 Å². The van der Waals surface area contributed by atoms with Crippen molar-refractivity contribution < 1.29 is 5.11 Å². The number of hydrogen-bond donors (Lipinski definition) is 2. The lowest BCUT2D eigenvalue weighted by molar-refractivity contribution is 0.277. The maximum Gasteiger partial charge on any atom is 0.0431 e. The van der Waals surface area contributed by atoms with E-state index in [0.29, 0.717) is 12.6 Å². The minimum absolute atomic E-state index is 0.291. The fourth-order valence-electron chi connectivity index (χ4n) is 0.848. The van der Waals surface area contributed by atoms with Gasteiger partial charge in [-0.05, 0) is 26.7 Å². The van der Waals surface area contributed by atoms with Gasteiger partial charge in [-0.3, -0.25) is 0 Å². The van der Waals surface area contributed by atoms with Crippen LogP contribution in [0.5, 0.6) is 0 Å². The zero-order valence-electron chi connectivity index (χ0n) is 7.56. The van der Waals surface area contributed by atoms with Gasteiger partial charge in [0.15, 0.2) is 0 Å². The number of nitrogens with one attached hydrogen (secondary N) is 1. The van der Waals surface area contributed by atoms with Crippen LogP contribution in [0.3, 0.4) is 0 Å². The van der Waals surface area contributed by atoms with E-state index in [2.05, 4.69) is 18.8 Å². The van der Waals surface area contributed by atoms with E-state index in [1.807, 2.05) is 6.92 Å². The summed E-state index contributed by atoms with van der Waals surface area (Å²) in [5, 5.41) is 11.9. The zero-order chi connectivity index (χ0) is 8.69. The van der Waals surface area contributed by atoms with Gasteiger partial charge in [-0.2, -0.15) is 0 Å². The van der Waals surface area contributed by atoms with Gasteiger partial charge in [0.1, 0.15) is 0 Å². The molecular weight excluding hydrogens is 138 g/mol. The molecule has 2 heteroatoms. The van der Waals surface area contributed by atoms with Crippen LogP contribution >= 0.6 is 0 Å². The normalized spacial score (nSPS) is 13.0. The Kier molecular flexibility index (Phi) is 6.18. The summed E-state index contributed by atoms with van der Waals surface area (Å²) in [5.74, 6) is 0. The van der Waals surface area contributed by atoms with Crippen LogP contribution in [0.25, 0.3) is 0 Å². The van der Waals surface area contributed by atoms with Crippen LogP contribution < -0.4 is 5.32 Å². The topological polar surface area (TPSA) is 32.3 Å². The van der Waals surface area contributed by atoms with Crippen molar-refractivity contribution in [2.75, 3.05) is 13.2 Å². The summed E-state index contributed by atoms with van der Waals surface area (Å²) >= 11 is 0. The summed E-state index contributed by atoms with van der Waals surface area (Å²) in [6.07, 6.45) is 1.91. The van der Waals surface area contributed by atoms with Crippen molar-refractivity contribution in [2.45, 2.75) is 32.7 Å². The smallest absolute Gasteiger partial charge is 0.0431 e. The molecule has 0 aliphatic carbocycles. The van der Waals surface area contributed by atoms with Gasteiger partial charge in [-0.15, -0.1) is 0 Å². The van der Waals surface area contributed by atoms with Gasteiger partial charge in [0.2, 0.25) is 0 Å². The highest BCUT2D eigenvalue weighted by atomic mass is 16.2. The summed E-state index contributed by atoms with van der Waals surface area (Å²) in [5.41, 5.74) is 1.15. The number of hydrogen-bond acceptors (Lipinski definition) is 2. The van der Waals surface area contributed by atoms with Crippen molar-refractivity contribution in [1.82, 2.24) is 5.32 Å². The molecule has 2 N–H and O–H groups in total. The van der Waals surface area contributed by atoms with E-state index >= 15 is 0 Å². The molecule has 1 unspecified atom stereocenters. The fourth-order valence-corrected chi connectivity index (χ4v) is 0.848. The highest BCUT2D eigenvalue weighted by molar-refractivity contribution is 4.91. The van der Waals surface area contributed by atoms with Crippen LogP contribution in [0.1, 0.15) is 26.7 Å². The first-order valence-corrected chi connectivity index (χ1v) is 4.15. The summed E-state index contributed by atoms with van der Waals surface area (Å²) in [6.45, 7) is 9.10. The van der Waals surface area contributed by atoms with E-state index < -0.39 is 0 Å². The molecule has 66 valence electrons. The van der Waals surface area contributed by atoms with Gasteiger partial charge < -0.3 is 10.4 Å². The highest BCUT2D eigenvalue weighted by Gasteiger charge is 1.98. The zero-order valence-corrected chi connectivity index (χ0v) is 7.56. The van der Waals surface area contributed by atoms with Crippen molar-refractivity contribution in [3.63, 3.8) is 0 Å². The number of aliphatic hydroxyl groups excluding tert-OH is 1. The maximum absolute atomic E-state index is 8.55. The molecule has 0 aliphatic rings. The molecule has 0 aromatic rings. The average molecular weight is 157 g/mol. The van der Waals surface area contributed by atoms with E-state index in [0.717, 1.165) is 25.0 Å². The fraction of sp³-hybridized carbons (Fsp3) is 0.778. The van der Waals surface area contributed by atoms with Crippen molar-refractivity contribution in [3.05, 3.63) is 12.2 Å². The summed E-state index contributed by atoms with van der Waals surface area (Å²) in [7, 11) is 0. The van der Waals surface area contributed by atoms with Gasteiger partial charge in [0.25, 0.3) is 0 Å². The van der Waals surface area contributed by atoms with E-state index in [9.17, 15) is 0 Å². The van der Waals surface area contributed by atoms with Gasteiger partial charge in [-0.25, -0.2) is 0 Å². The Bertz CT molecular complexity index is 112. The molecule has 0 aliphatic heterocycles. The van der Waals surface area contributed by atoms with E-state index in [1.165, 1.54) is 0 Å². The molecule has 0 amide bonds. The Balaban J connectivity index is 3.22. The molecule has 0 aromatic carbocycles. The van der Waals surface area contributed by atoms with Crippen LogP contribution in [0.4, 0.5) is 0 Å². The molecule has 2 nitrogen and oxygen atoms in total. The highest BCUT2D eigenvalue weighted by Crippen LogP contribution is 1.95. The van der Waals surface area contributed by atoms with Crippen molar-refractivity contribution in [2.24, 2.45) is 0 Å². The number of rotatable bonds is 6.